The number of benzene rings is 1. The van der Waals surface area contributed by atoms with Gasteiger partial charge in [-0.2, -0.15) is 5.10 Å². The van der Waals surface area contributed by atoms with E-state index in [1.165, 1.54) is 23.7 Å². The van der Waals surface area contributed by atoms with Gasteiger partial charge in [0.05, 0.1) is 4.88 Å². The number of halogens is 1. The van der Waals surface area contributed by atoms with Crippen molar-refractivity contribution < 1.29 is 9.18 Å². The van der Waals surface area contributed by atoms with Crippen LogP contribution in [0.4, 0.5) is 4.39 Å². The number of hydrogen-bond donors (Lipinski definition) is 1. The highest BCUT2D eigenvalue weighted by Gasteiger charge is 2.18. The number of hydrogen-bond acceptors (Lipinski definition) is 5. The lowest BCUT2D eigenvalue weighted by Crippen LogP contribution is -2.23. The van der Waals surface area contributed by atoms with Gasteiger partial charge in [-0.15, -0.1) is 11.3 Å². The molecule has 4 rings (SSSR count). The maximum Gasteiger partial charge on any atom is 0.261 e. The summed E-state index contributed by atoms with van der Waals surface area (Å²) in [6.45, 7) is 2.04. The van der Waals surface area contributed by atoms with Crippen LogP contribution in [-0.4, -0.2) is 25.7 Å². The molecule has 1 aromatic carbocycles. The molecule has 3 heterocycles. The fourth-order valence-corrected chi connectivity index (χ4v) is 3.96. The van der Waals surface area contributed by atoms with Gasteiger partial charge in [0.25, 0.3) is 5.91 Å². The first kappa shape index (κ1) is 16.3. The summed E-state index contributed by atoms with van der Waals surface area (Å²) in [4.78, 5) is 21.4. The fraction of sp³-hybridized carbons (Fsp3) is 0.111. The van der Waals surface area contributed by atoms with Gasteiger partial charge in [0.1, 0.15) is 18.5 Å². The second kappa shape index (κ2) is 6.64. The molecule has 3 aromatic heterocycles. The average Bonchev–Trinajstić information content (AvgIpc) is 3.29. The molecule has 130 valence electrons. The zero-order valence-corrected chi connectivity index (χ0v) is 14.6. The van der Waals surface area contributed by atoms with Crippen LogP contribution in [0.5, 0.6) is 0 Å². The molecule has 1 N–H and O–H groups in total. The summed E-state index contributed by atoms with van der Waals surface area (Å²) in [5.74, 6) is 0.0527. The van der Waals surface area contributed by atoms with Crippen molar-refractivity contribution in [2.45, 2.75) is 13.5 Å². The summed E-state index contributed by atoms with van der Waals surface area (Å²) in [6.07, 6.45) is 4.62. The molecule has 0 bridgehead atoms. The third kappa shape index (κ3) is 2.84. The van der Waals surface area contributed by atoms with Gasteiger partial charge in [-0.25, -0.2) is 19.0 Å². The zero-order chi connectivity index (χ0) is 18.1. The molecule has 0 aliphatic rings. The van der Waals surface area contributed by atoms with Crippen molar-refractivity contribution in [3.05, 3.63) is 71.0 Å². The summed E-state index contributed by atoms with van der Waals surface area (Å²) >= 11 is 1.29. The lowest BCUT2D eigenvalue weighted by atomic mass is 10.1. The minimum Gasteiger partial charge on any atom is -0.347 e. The SMILES string of the molecule is Cc1c(C(=O)NCc2cccnc2-n2cncn2)sc2cccc(F)c12. The fourth-order valence-electron chi connectivity index (χ4n) is 2.82. The van der Waals surface area contributed by atoms with Crippen molar-refractivity contribution in [2.75, 3.05) is 0 Å². The van der Waals surface area contributed by atoms with Gasteiger partial charge in [-0.1, -0.05) is 12.1 Å². The minimum absolute atomic E-state index is 0.239. The second-order valence-corrected chi connectivity index (χ2v) is 6.73. The molecule has 0 radical (unpaired) electrons. The Hall–Kier alpha value is -3.13. The van der Waals surface area contributed by atoms with E-state index in [0.717, 1.165) is 10.3 Å². The number of nitrogens with one attached hydrogen (secondary N) is 1. The zero-order valence-electron chi connectivity index (χ0n) is 13.8. The smallest absolute Gasteiger partial charge is 0.261 e. The van der Waals surface area contributed by atoms with E-state index in [1.807, 2.05) is 12.1 Å². The van der Waals surface area contributed by atoms with Gasteiger partial charge in [-0.05, 0) is 30.7 Å². The van der Waals surface area contributed by atoms with Gasteiger partial charge in [0.2, 0.25) is 0 Å². The van der Waals surface area contributed by atoms with Crippen LogP contribution < -0.4 is 5.32 Å². The molecule has 1 amide bonds. The van der Waals surface area contributed by atoms with Crippen molar-refractivity contribution in [3.8, 4) is 5.82 Å². The Bertz CT molecular complexity index is 1090. The van der Waals surface area contributed by atoms with E-state index in [4.69, 9.17) is 0 Å². The number of fused-ring (bicyclic) bond motifs is 1. The number of carbonyl (C=O) groups is 1. The summed E-state index contributed by atoms with van der Waals surface area (Å²) in [5.41, 5.74) is 1.46. The molecule has 6 nitrogen and oxygen atoms in total. The summed E-state index contributed by atoms with van der Waals surface area (Å²) < 4.78 is 16.3. The van der Waals surface area contributed by atoms with Crippen molar-refractivity contribution in [1.82, 2.24) is 25.1 Å². The Balaban J connectivity index is 1.59. The number of nitrogens with zero attached hydrogens (tertiary/aromatic N) is 4. The van der Waals surface area contributed by atoms with Gasteiger partial charge >= 0.3 is 0 Å². The Morgan fingerprint density at radius 3 is 2.96 bits per heavy atom. The molecule has 0 unspecified atom stereocenters. The predicted octanol–water partition coefficient (Wildman–Crippen LogP) is 3.25. The number of aryl methyl sites for hydroxylation is 1. The molecule has 0 aliphatic heterocycles. The van der Waals surface area contributed by atoms with Crippen LogP contribution in [0.15, 0.2) is 49.2 Å². The van der Waals surface area contributed by atoms with Gasteiger partial charge in [-0.3, -0.25) is 4.79 Å². The Morgan fingerprint density at radius 1 is 1.31 bits per heavy atom. The first-order valence-electron chi connectivity index (χ1n) is 7.90. The van der Waals surface area contributed by atoms with E-state index in [2.05, 4.69) is 20.4 Å². The molecule has 0 atom stereocenters. The molecular weight excluding hydrogens is 353 g/mol. The molecule has 0 fully saturated rings. The Morgan fingerprint density at radius 2 is 2.19 bits per heavy atom. The molecule has 0 saturated heterocycles. The van der Waals surface area contributed by atoms with Crippen LogP contribution in [0.25, 0.3) is 15.9 Å². The number of aromatic nitrogens is 4. The first-order chi connectivity index (χ1) is 12.6. The van der Waals surface area contributed by atoms with Crippen LogP contribution in [0.1, 0.15) is 20.8 Å². The molecule has 0 saturated carbocycles. The molecule has 4 aromatic rings. The van der Waals surface area contributed by atoms with Gasteiger partial charge in [0.15, 0.2) is 5.82 Å². The van der Waals surface area contributed by atoms with Gasteiger partial charge < -0.3 is 5.32 Å². The highest BCUT2D eigenvalue weighted by Crippen LogP contribution is 2.32. The number of thiophene rings is 1. The highest BCUT2D eigenvalue weighted by atomic mass is 32.1. The third-order valence-corrected chi connectivity index (χ3v) is 5.31. The van der Waals surface area contributed by atoms with Crippen LogP contribution in [0.3, 0.4) is 0 Å². The van der Waals surface area contributed by atoms with Crippen molar-refractivity contribution in [1.29, 1.82) is 0 Å². The van der Waals surface area contributed by atoms with Crippen LogP contribution in [0.2, 0.25) is 0 Å². The summed E-state index contributed by atoms with van der Waals surface area (Å²) in [7, 11) is 0. The van der Waals surface area contributed by atoms with E-state index >= 15 is 0 Å². The lowest BCUT2D eigenvalue weighted by molar-refractivity contribution is 0.0954. The van der Waals surface area contributed by atoms with Crippen molar-refractivity contribution in [2.24, 2.45) is 0 Å². The standard InChI is InChI=1S/C18H14FN5OS/c1-11-15-13(19)5-2-6-14(15)26-16(11)18(25)22-8-12-4-3-7-21-17(12)24-10-20-9-23-24/h2-7,9-10H,8H2,1H3,(H,22,25). The summed E-state index contributed by atoms with van der Waals surface area (Å²) in [5, 5.41) is 7.47. The lowest BCUT2D eigenvalue weighted by Gasteiger charge is -2.09. The van der Waals surface area contributed by atoms with E-state index in [0.29, 0.717) is 21.6 Å². The first-order valence-corrected chi connectivity index (χ1v) is 8.71. The van der Waals surface area contributed by atoms with Crippen molar-refractivity contribution >= 4 is 27.3 Å². The predicted molar refractivity (Wildman–Crippen MR) is 96.8 cm³/mol. The van der Waals surface area contributed by atoms with Crippen molar-refractivity contribution in [3.63, 3.8) is 0 Å². The summed E-state index contributed by atoms with van der Waals surface area (Å²) in [6, 6.07) is 8.53. The molecule has 26 heavy (non-hydrogen) atoms. The maximum absolute atomic E-state index is 14.0. The van der Waals surface area contributed by atoms with Crippen LogP contribution in [-0.2, 0) is 6.54 Å². The largest absolute Gasteiger partial charge is 0.347 e. The number of amides is 1. The monoisotopic (exact) mass is 367 g/mol. The highest BCUT2D eigenvalue weighted by molar-refractivity contribution is 7.21. The number of pyridine rings is 1. The number of carbonyl (C=O) groups excluding carboxylic acids is 1. The van der Waals surface area contributed by atoms with E-state index in [9.17, 15) is 9.18 Å². The molecular formula is C18H14FN5OS. The van der Waals surface area contributed by atoms with E-state index < -0.39 is 0 Å². The molecule has 0 aliphatic carbocycles. The van der Waals surface area contributed by atoms with Gasteiger partial charge in [0, 0.05) is 28.4 Å². The average molecular weight is 367 g/mol. The Labute approximate surface area is 152 Å². The Kier molecular flexibility index (Phi) is 4.18. The number of rotatable bonds is 4. The van der Waals surface area contributed by atoms with E-state index in [-0.39, 0.29) is 18.3 Å². The minimum atomic E-state index is -0.309. The van der Waals surface area contributed by atoms with Crippen LogP contribution in [0, 0.1) is 12.7 Å². The molecule has 0 spiro atoms. The second-order valence-electron chi connectivity index (χ2n) is 5.68. The topological polar surface area (TPSA) is 72.7 Å². The van der Waals surface area contributed by atoms with Crippen LogP contribution >= 0.6 is 11.3 Å². The quantitative estimate of drug-likeness (QED) is 0.601. The third-order valence-electron chi connectivity index (χ3n) is 4.05. The van der Waals surface area contributed by atoms with E-state index in [1.54, 1.807) is 36.3 Å². The normalized spacial score (nSPS) is 11.0. The maximum atomic E-state index is 14.0. The molecule has 8 heteroatoms.